The first-order chi connectivity index (χ1) is 17.0. The van der Waals surface area contributed by atoms with Crippen molar-refractivity contribution >= 4 is 29.1 Å². The van der Waals surface area contributed by atoms with Gasteiger partial charge < -0.3 is 24.5 Å². The highest BCUT2D eigenvalue weighted by atomic mass is 35.5. The lowest BCUT2D eigenvalue weighted by molar-refractivity contribution is -0.140. The zero-order chi connectivity index (χ0) is 26.3. The van der Waals surface area contributed by atoms with Gasteiger partial charge in [0.05, 0.1) is 29.3 Å². The number of aliphatic hydroxyl groups excluding tert-OH is 1. The first-order valence-electron chi connectivity index (χ1n) is 12.4. The molecule has 0 bridgehead atoms. The SMILES string of the molecule is COC[C@H](CCC(=O)N1CCC2(CC2)C(O)C1)N1CCN(c2ccc(C(F)(F)F)c(Cl)c2)C(C)C1=O. The fraction of sp³-hybridized carbons (Fsp3) is 0.680. The van der Waals surface area contributed by atoms with Gasteiger partial charge in [-0.15, -0.1) is 0 Å². The van der Waals surface area contributed by atoms with Crippen LogP contribution in [0.15, 0.2) is 18.2 Å². The molecule has 4 rings (SSSR count). The fourth-order valence-corrected chi connectivity index (χ4v) is 5.76. The molecular weight excluding hydrogens is 499 g/mol. The van der Waals surface area contributed by atoms with E-state index in [1.165, 1.54) is 12.1 Å². The molecule has 1 aromatic carbocycles. The number of amides is 2. The van der Waals surface area contributed by atoms with Crippen LogP contribution in [0.2, 0.25) is 5.02 Å². The maximum Gasteiger partial charge on any atom is 0.417 e. The Morgan fingerprint density at radius 1 is 1.25 bits per heavy atom. The molecule has 1 N–H and O–H groups in total. The van der Waals surface area contributed by atoms with E-state index in [4.69, 9.17) is 16.3 Å². The highest BCUT2D eigenvalue weighted by molar-refractivity contribution is 6.31. The molecule has 3 aliphatic rings. The molecule has 7 nitrogen and oxygen atoms in total. The Kier molecular flexibility index (Phi) is 7.78. The monoisotopic (exact) mass is 531 g/mol. The number of hydrogen-bond donors (Lipinski definition) is 1. The number of piperazine rings is 1. The van der Waals surface area contributed by atoms with E-state index in [1.807, 2.05) is 0 Å². The third-order valence-electron chi connectivity index (χ3n) is 8.00. The summed E-state index contributed by atoms with van der Waals surface area (Å²) in [5.74, 6) is -0.222. The third kappa shape index (κ3) is 5.45. The first kappa shape index (κ1) is 27.0. The Balaban J connectivity index is 1.37. The second kappa shape index (κ2) is 10.4. The van der Waals surface area contributed by atoms with Gasteiger partial charge in [0.25, 0.3) is 0 Å². The summed E-state index contributed by atoms with van der Waals surface area (Å²) in [6, 6.07) is 2.58. The number of halogens is 4. The number of piperidine rings is 1. The minimum Gasteiger partial charge on any atom is -0.391 e. The molecule has 1 aromatic rings. The molecule has 2 unspecified atom stereocenters. The predicted octanol–water partition coefficient (Wildman–Crippen LogP) is 3.56. The van der Waals surface area contributed by atoms with E-state index in [0.29, 0.717) is 38.3 Å². The van der Waals surface area contributed by atoms with Crippen molar-refractivity contribution in [3.63, 3.8) is 0 Å². The molecule has 1 saturated carbocycles. The zero-order valence-corrected chi connectivity index (χ0v) is 21.3. The number of carbonyl (C=O) groups is 2. The first-order valence-corrected chi connectivity index (χ1v) is 12.7. The molecule has 200 valence electrons. The molecule has 2 saturated heterocycles. The van der Waals surface area contributed by atoms with Gasteiger partial charge in [-0.2, -0.15) is 13.2 Å². The Bertz CT molecular complexity index is 988. The minimum absolute atomic E-state index is 0.0227. The zero-order valence-electron chi connectivity index (χ0n) is 20.6. The number of benzene rings is 1. The van der Waals surface area contributed by atoms with Crippen molar-refractivity contribution in [3.8, 4) is 0 Å². The summed E-state index contributed by atoms with van der Waals surface area (Å²) in [6.07, 6.45) is -1.48. The number of likely N-dealkylation sites (tertiary alicyclic amines) is 1. The molecule has 0 radical (unpaired) electrons. The van der Waals surface area contributed by atoms with Gasteiger partial charge in [-0.05, 0) is 56.2 Å². The third-order valence-corrected chi connectivity index (χ3v) is 8.31. The summed E-state index contributed by atoms with van der Waals surface area (Å²) in [4.78, 5) is 31.3. The van der Waals surface area contributed by atoms with Crippen LogP contribution in [0.25, 0.3) is 0 Å². The molecule has 1 spiro atoms. The molecule has 2 aliphatic heterocycles. The number of hydrogen-bond acceptors (Lipinski definition) is 5. The number of nitrogens with zero attached hydrogens (tertiary/aromatic N) is 3. The molecular formula is C25H33ClF3N3O4. The normalized spacial score (nSPS) is 24.9. The minimum atomic E-state index is -4.55. The molecule has 2 heterocycles. The number of alkyl halides is 3. The predicted molar refractivity (Wildman–Crippen MR) is 129 cm³/mol. The van der Waals surface area contributed by atoms with Crippen LogP contribution in [0.5, 0.6) is 0 Å². The van der Waals surface area contributed by atoms with Gasteiger partial charge in [-0.3, -0.25) is 9.59 Å². The Morgan fingerprint density at radius 2 is 1.97 bits per heavy atom. The van der Waals surface area contributed by atoms with E-state index >= 15 is 0 Å². The number of anilines is 1. The average Bonchev–Trinajstić information content (AvgIpc) is 3.60. The number of carbonyl (C=O) groups excluding carboxylic acids is 2. The standard InChI is InChI=1S/C25H33ClF3N3O4/c1-16-23(35)32(12-11-31(16)17-3-5-19(20(26)13-17)25(27,28)29)18(15-36-2)4-6-22(34)30-10-9-24(7-8-24)21(33)14-30/h3,5,13,16,18,21,33H,4,6-12,14-15H2,1-2H3/t16?,18-,21?/m0/s1. The highest BCUT2D eigenvalue weighted by Gasteiger charge is 2.51. The Labute approximate surface area is 214 Å². The Morgan fingerprint density at radius 3 is 2.56 bits per heavy atom. The lowest BCUT2D eigenvalue weighted by atomic mass is 9.90. The van der Waals surface area contributed by atoms with E-state index in [9.17, 15) is 27.9 Å². The second-order valence-electron chi connectivity index (χ2n) is 10.2. The van der Waals surface area contributed by atoms with Gasteiger partial charge in [0.1, 0.15) is 6.04 Å². The smallest absolute Gasteiger partial charge is 0.391 e. The van der Waals surface area contributed by atoms with Crippen molar-refractivity contribution < 1.29 is 32.6 Å². The summed E-state index contributed by atoms with van der Waals surface area (Å²) in [5, 5.41) is 9.99. The topological polar surface area (TPSA) is 73.3 Å². The number of aliphatic hydroxyl groups is 1. The quantitative estimate of drug-likeness (QED) is 0.582. The van der Waals surface area contributed by atoms with Crippen molar-refractivity contribution in [2.24, 2.45) is 5.41 Å². The Hall–Kier alpha value is -2.04. The van der Waals surface area contributed by atoms with E-state index in [2.05, 4.69) is 0 Å². The van der Waals surface area contributed by atoms with Crippen LogP contribution in [0.4, 0.5) is 18.9 Å². The molecule has 36 heavy (non-hydrogen) atoms. The largest absolute Gasteiger partial charge is 0.417 e. The summed E-state index contributed by atoms with van der Waals surface area (Å²) < 4.78 is 44.6. The fourth-order valence-electron chi connectivity index (χ4n) is 5.48. The van der Waals surface area contributed by atoms with Crippen molar-refractivity contribution in [3.05, 3.63) is 28.8 Å². The number of methoxy groups -OCH3 is 1. The van der Waals surface area contributed by atoms with Crippen molar-refractivity contribution in [1.29, 1.82) is 0 Å². The summed E-state index contributed by atoms with van der Waals surface area (Å²) >= 11 is 5.89. The van der Waals surface area contributed by atoms with Gasteiger partial charge in [0.2, 0.25) is 11.8 Å². The van der Waals surface area contributed by atoms with Gasteiger partial charge in [-0.1, -0.05) is 11.6 Å². The molecule has 3 atom stereocenters. The molecule has 2 amide bonds. The molecule has 11 heteroatoms. The van der Waals surface area contributed by atoms with Crippen LogP contribution in [-0.2, 0) is 20.5 Å². The van der Waals surface area contributed by atoms with Crippen molar-refractivity contribution in [1.82, 2.24) is 9.80 Å². The number of rotatable bonds is 7. The van der Waals surface area contributed by atoms with Crippen LogP contribution in [-0.4, -0.2) is 84.8 Å². The average molecular weight is 532 g/mol. The van der Waals surface area contributed by atoms with Gasteiger partial charge in [0, 0.05) is 45.4 Å². The highest BCUT2D eigenvalue weighted by Crippen LogP contribution is 2.53. The lowest BCUT2D eigenvalue weighted by Gasteiger charge is -2.44. The number of ether oxygens (including phenoxy) is 1. The van der Waals surface area contributed by atoms with Crippen molar-refractivity contribution in [2.45, 2.75) is 63.4 Å². The summed E-state index contributed by atoms with van der Waals surface area (Å²) in [5.41, 5.74) is -0.442. The molecule has 0 aromatic heterocycles. The van der Waals surface area contributed by atoms with Crippen LogP contribution in [0.1, 0.15) is 44.6 Å². The summed E-state index contributed by atoms with van der Waals surface area (Å²) in [7, 11) is 1.54. The maximum absolute atomic E-state index is 13.3. The number of β-amino-alcohol motifs (C(OH)–C–C–N with tert-alkyl or cyclic N) is 1. The molecule has 3 fully saturated rings. The van der Waals surface area contributed by atoms with Crippen molar-refractivity contribution in [2.75, 3.05) is 44.8 Å². The van der Waals surface area contributed by atoms with Gasteiger partial charge in [0.15, 0.2) is 0 Å². The van der Waals surface area contributed by atoms with Crippen LogP contribution in [0, 0.1) is 5.41 Å². The van der Waals surface area contributed by atoms with E-state index < -0.39 is 28.9 Å². The van der Waals surface area contributed by atoms with Crippen LogP contribution in [0.3, 0.4) is 0 Å². The summed E-state index contributed by atoms with van der Waals surface area (Å²) in [6.45, 7) is 3.73. The van der Waals surface area contributed by atoms with E-state index in [0.717, 1.165) is 25.3 Å². The molecule has 1 aliphatic carbocycles. The second-order valence-corrected chi connectivity index (χ2v) is 10.6. The van der Waals surface area contributed by atoms with Gasteiger partial charge in [-0.25, -0.2) is 0 Å². The van der Waals surface area contributed by atoms with E-state index in [-0.39, 0.29) is 36.3 Å². The maximum atomic E-state index is 13.3. The van der Waals surface area contributed by atoms with Crippen LogP contribution < -0.4 is 4.90 Å². The van der Waals surface area contributed by atoms with E-state index in [1.54, 1.807) is 28.7 Å². The van der Waals surface area contributed by atoms with Gasteiger partial charge >= 0.3 is 6.18 Å². The van der Waals surface area contributed by atoms with Crippen LogP contribution >= 0.6 is 11.6 Å². The lowest BCUT2D eigenvalue weighted by Crippen LogP contribution is -2.59.